The molecule has 8 heteroatoms. The van der Waals surface area contributed by atoms with Crippen LogP contribution in [0.2, 0.25) is 5.02 Å². The number of nitrogens with one attached hydrogen (secondary N) is 2. The molecule has 1 saturated heterocycles. The van der Waals surface area contributed by atoms with Crippen LogP contribution in [-0.2, 0) is 19.1 Å². The molecule has 3 atom stereocenters. The quantitative estimate of drug-likeness (QED) is 0.736. The van der Waals surface area contributed by atoms with Crippen LogP contribution in [0.25, 0.3) is 0 Å². The fraction of sp³-hybridized carbons (Fsp3) is 0.500. The molecule has 2 N–H and O–H groups in total. The lowest BCUT2D eigenvalue weighted by Crippen LogP contribution is -2.33. The smallest absolute Gasteiger partial charge is 0.337 e. The predicted molar refractivity (Wildman–Crippen MR) is 95.0 cm³/mol. The lowest BCUT2D eigenvalue weighted by Gasteiger charge is -2.11. The van der Waals surface area contributed by atoms with Crippen molar-refractivity contribution in [1.29, 1.82) is 0 Å². The normalized spacial score (nSPS) is 24.0. The van der Waals surface area contributed by atoms with Crippen molar-refractivity contribution in [3.8, 4) is 0 Å². The zero-order valence-electron chi connectivity index (χ0n) is 14.4. The Balaban J connectivity index is 1.53. The van der Waals surface area contributed by atoms with E-state index in [2.05, 4.69) is 15.4 Å². The van der Waals surface area contributed by atoms with Crippen LogP contribution < -0.4 is 10.6 Å². The van der Waals surface area contributed by atoms with Gasteiger partial charge in [0.15, 0.2) is 0 Å². The number of rotatable bonds is 6. The topological polar surface area (TPSA) is 93.7 Å². The van der Waals surface area contributed by atoms with Crippen LogP contribution in [0.4, 0.5) is 5.69 Å². The summed E-state index contributed by atoms with van der Waals surface area (Å²) in [6.07, 6.45) is 2.53. The van der Waals surface area contributed by atoms with Gasteiger partial charge in [-0.2, -0.15) is 0 Å². The van der Waals surface area contributed by atoms with E-state index >= 15 is 0 Å². The van der Waals surface area contributed by atoms with Crippen molar-refractivity contribution in [3.63, 3.8) is 0 Å². The van der Waals surface area contributed by atoms with Crippen molar-refractivity contribution in [2.45, 2.75) is 25.4 Å². The summed E-state index contributed by atoms with van der Waals surface area (Å²) in [5.74, 6) is -1.66. The summed E-state index contributed by atoms with van der Waals surface area (Å²) >= 11 is 6.07. The zero-order valence-corrected chi connectivity index (χ0v) is 15.2. The van der Waals surface area contributed by atoms with E-state index in [0.717, 1.165) is 19.4 Å². The van der Waals surface area contributed by atoms with Gasteiger partial charge >= 0.3 is 5.97 Å². The van der Waals surface area contributed by atoms with E-state index in [1.54, 1.807) is 0 Å². The van der Waals surface area contributed by atoms with Gasteiger partial charge in [0.05, 0.1) is 41.3 Å². The summed E-state index contributed by atoms with van der Waals surface area (Å²) < 4.78 is 10.1. The largest absolute Gasteiger partial charge is 0.465 e. The SMILES string of the molecule is COC(=O)c1ccc(Cl)c(NC(=O)C2CC2C(=O)NCC2CCCO2)c1. The highest BCUT2D eigenvalue weighted by atomic mass is 35.5. The van der Waals surface area contributed by atoms with Crippen molar-refractivity contribution in [1.82, 2.24) is 5.32 Å². The molecule has 1 saturated carbocycles. The number of hydrogen-bond acceptors (Lipinski definition) is 5. The minimum absolute atomic E-state index is 0.0739. The Labute approximate surface area is 156 Å². The van der Waals surface area contributed by atoms with E-state index in [1.807, 2.05) is 0 Å². The number of anilines is 1. The molecule has 26 heavy (non-hydrogen) atoms. The number of benzene rings is 1. The monoisotopic (exact) mass is 380 g/mol. The van der Waals surface area contributed by atoms with E-state index in [4.69, 9.17) is 16.3 Å². The molecule has 1 aromatic rings. The summed E-state index contributed by atoms with van der Waals surface area (Å²) in [6.45, 7) is 1.22. The molecule has 1 heterocycles. The molecule has 3 rings (SSSR count). The van der Waals surface area contributed by atoms with Crippen molar-refractivity contribution in [2.24, 2.45) is 11.8 Å². The first-order valence-corrected chi connectivity index (χ1v) is 8.95. The van der Waals surface area contributed by atoms with Gasteiger partial charge in [0.2, 0.25) is 11.8 Å². The van der Waals surface area contributed by atoms with Gasteiger partial charge in [-0.1, -0.05) is 11.6 Å². The number of methoxy groups -OCH3 is 1. The Morgan fingerprint density at radius 1 is 1.27 bits per heavy atom. The van der Waals surface area contributed by atoms with Crippen molar-refractivity contribution in [3.05, 3.63) is 28.8 Å². The van der Waals surface area contributed by atoms with Crippen LogP contribution in [0.1, 0.15) is 29.6 Å². The lowest BCUT2D eigenvalue weighted by atomic mass is 10.2. The second-order valence-corrected chi connectivity index (χ2v) is 6.91. The van der Waals surface area contributed by atoms with Gasteiger partial charge < -0.3 is 20.1 Å². The fourth-order valence-corrected chi connectivity index (χ4v) is 3.18. The number of amides is 2. The number of carbonyl (C=O) groups excluding carboxylic acids is 3. The van der Waals surface area contributed by atoms with E-state index < -0.39 is 11.9 Å². The van der Waals surface area contributed by atoms with E-state index in [1.165, 1.54) is 25.3 Å². The second-order valence-electron chi connectivity index (χ2n) is 6.50. The number of carbonyl (C=O) groups is 3. The number of ether oxygens (including phenoxy) is 2. The first kappa shape index (κ1) is 18.7. The number of hydrogen-bond donors (Lipinski definition) is 2. The molecule has 2 aliphatic rings. The predicted octanol–water partition coefficient (Wildman–Crippen LogP) is 2.00. The van der Waals surface area contributed by atoms with Crippen LogP contribution in [0, 0.1) is 11.8 Å². The molecule has 3 unspecified atom stereocenters. The highest BCUT2D eigenvalue weighted by Gasteiger charge is 2.48. The summed E-state index contributed by atoms with van der Waals surface area (Å²) in [5.41, 5.74) is 0.610. The Morgan fingerprint density at radius 2 is 2.04 bits per heavy atom. The minimum atomic E-state index is -0.519. The maximum Gasteiger partial charge on any atom is 0.337 e. The van der Waals surface area contributed by atoms with Crippen LogP contribution in [0.15, 0.2) is 18.2 Å². The van der Waals surface area contributed by atoms with Crippen molar-refractivity contribution >= 4 is 35.1 Å². The third-order valence-corrected chi connectivity index (χ3v) is 4.97. The standard InChI is InChI=1S/C18H21ClN2O5/c1-25-18(24)10-4-5-14(19)15(7-10)21-17(23)13-8-12(13)16(22)20-9-11-3-2-6-26-11/h4-5,7,11-13H,2-3,6,8-9H2,1H3,(H,20,22)(H,21,23). The third-order valence-electron chi connectivity index (χ3n) is 4.64. The van der Waals surface area contributed by atoms with Gasteiger partial charge in [-0.05, 0) is 37.5 Å². The summed E-state index contributed by atoms with van der Waals surface area (Å²) in [4.78, 5) is 36.1. The lowest BCUT2D eigenvalue weighted by molar-refractivity contribution is -0.125. The molecule has 2 amide bonds. The van der Waals surface area contributed by atoms with E-state index in [9.17, 15) is 14.4 Å². The number of halogens is 1. The summed E-state index contributed by atoms with van der Waals surface area (Å²) in [5, 5.41) is 5.85. The van der Waals surface area contributed by atoms with Crippen LogP contribution in [0.3, 0.4) is 0 Å². The van der Waals surface area contributed by atoms with Crippen LogP contribution in [0.5, 0.6) is 0 Å². The third kappa shape index (κ3) is 4.34. The molecule has 1 aliphatic heterocycles. The first-order chi connectivity index (χ1) is 12.5. The average molecular weight is 381 g/mol. The molecule has 0 spiro atoms. The van der Waals surface area contributed by atoms with Crippen LogP contribution >= 0.6 is 11.6 Å². The Kier molecular flexibility index (Phi) is 5.78. The molecule has 1 aliphatic carbocycles. The maximum absolute atomic E-state index is 12.4. The van der Waals surface area contributed by atoms with Gasteiger partial charge in [0.25, 0.3) is 0 Å². The highest BCUT2D eigenvalue weighted by molar-refractivity contribution is 6.34. The van der Waals surface area contributed by atoms with Gasteiger partial charge in [-0.3, -0.25) is 9.59 Å². The van der Waals surface area contributed by atoms with Gasteiger partial charge in [0, 0.05) is 13.2 Å². The second kappa shape index (κ2) is 8.05. The molecule has 0 radical (unpaired) electrons. The highest BCUT2D eigenvalue weighted by Crippen LogP contribution is 2.40. The van der Waals surface area contributed by atoms with Gasteiger partial charge in [-0.25, -0.2) is 4.79 Å². The molecule has 7 nitrogen and oxygen atoms in total. The first-order valence-electron chi connectivity index (χ1n) is 8.57. The molecule has 1 aromatic carbocycles. The molecular weight excluding hydrogens is 360 g/mol. The van der Waals surface area contributed by atoms with Crippen LogP contribution in [-0.4, -0.2) is 44.1 Å². The zero-order chi connectivity index (χ0) is 18.7. The minimum Gasteiger partial charge on any atom is -0.465 e. The Bertz CT molecular complexity index is 718. The molecule has 2 fully saturated rings. The average Bonchev–Trinajstić information content (AvgIpc) is 3.28. The van der Waals surface area contributed by atoms with Crippen molar-refractivity contribution < 1.29 is 23.9 Å². The molecule has 0 bridgehead atoms. The number of esters is 1. The van der Waals surface area contributed by atoms with Gasteiger partial charge in [0.1, 0.15) is 0 Å². The van der Waals surface area contributed by atoms with Crippen molar-refractivity contribution in [2.75, 3.05) is 25.6 Å². The Morgan fingerprint density at radius 3 is 2.73 bits per heavy atom. The fourth-order valence-electron chi connectivity index (χ4n) is 3.02. The molecule has 140 valence electrons. The van der Waals surface area contributed by atoms with E-state index in [0.29, 0.717) is 23.7 Å². The molecule has 0 aromatic heterocycles. The molecular formula is C18H21ClN2O5. The Hall–Kier alpha value is -2.12. The maximum atomic E-state index is 12.4. The van der Waals surface area contributed by atoms with Gasteiger partial charge in [-0.15, -0.1) is 0 Å². The summed E-state index contributed by atoms with van der Waals surface area (Å²) in [6, 6.07) is 4.49. The van der Waals surface area contributed by atoms with E-state index in [-0.39, 0.29) is 29.4 Å². The summed E-state index contributed by atoms with van der Waals surface area (Å²) in [7, 11) is 1.28.